The number of hydrogen-bond acceptors (Lipinski definition) is 9. The maximum atomic E-state index is 13.1. The Hall–Kier alpha value is -2.39. The number of rotatable bonds is 8. The van der Waals surface area contributed by atoms with Gasteiger partial charge in [-0.2, -0.15) is 25.6 Å². The van der Waals surface area contributed by atoms with E-state index >= 15 is 0 Å². The Morgan fingerprint density at radius 3 is 2.35 bits per heavy atom. The van der Waals surface area contributed by atoms with Gasteiger partial charge in [0.1, 0.15) is 0 Å². The molecular formula is C11H11F2NO10S2. The number of esters is 1. The molecule has 1 aromatic rings. The summed E-state index contributed by atoms with van der Waals surface area (Å²) in [6, 6.07) is 2.29. The molecule has 0 amide bonds. The van der Waals surface area contributed by atoms with Crippen molar-refractivity contribution < 1.29 is 48.8 Å². The highest BCUT2D eigenvalue weighted by atomic mass is 32.2. The SMILES string of the molecule is COC(=O)c1ccc(OS(=O)(=O)CCC(F)(F)S(=O)(=O)O)c([N+](=O)[O-])c1. The number of nitrogens with zero attached hydrogens (tertiary/aromatic N) is 1. The number of nitro benzene ring substituents is 1. The molecule has 0 fully saturated rings. The van der Waals surface area contributed by atoms with Gasteiger partial charge in [-0.1, -0.05) is 0 Å². The molecule has 0 aromatic heterocycles. The molecule has 0 atom stereocenters. The summed E-state index contributed by atoms with van der Waals surface area (Å²) in [6.07, 6.45) is -1.85. The third-order valence-electron chi connectivity index (χ3n) is 2.81. The second-order valence-corrected chi connectivity index (χ2v) is 7.88. The molecule has 0 radical (unpaired) electrons. The second kappa shape index (κ2) is 7.46. The molecule has 26 heavy (non-hydrogen) atoms. The molecule has 1 rings (SSSR count). The van der Waals surface area contributed by atoms with Gasteiger partial charge in [-0.05, 0) is 12.1 Å². The average Bonchev–Trinajstić information content (AvgIpc) is 2.51. The highest BCUT2D eigenvalue weighted by Gasteiger charge is 2.45. The van der Waals surface area contributed by atoms with Crippen LogP contribution >= 0.6 is 0 Å². The van der Waals surface area contributed by atoms with Gasteiger partial charge >= 0.3 is 37.1 Å². The summed E-state index contributed by atoms with van der Waals surface area (Å²) in [7, 11) is -9.75. The Bertz CT molecular complexity index is 926. The molecule has 0 saturated heterocycles. The van der Waals surface area contributed by atoms with Crippen LogP contribution in [0.15, 0.2) is 18.2 Å². The van der Waals surface area contributed by atoms with Crippen LogP contribution < -0.4 is 4.18 Å². The van der Waals surface area contributed by atoms with Crippen molar-refractivity contribution in [1.29, 1.82) is 0 Å². The van der Waals surface area contributed by atoms with Crippen LogP contribution in [0.5, 0.6) is 5.75 Å². The number of nitro groups is 1. The van der Waals surface area contributed by atoms with Gasteiger partial charge in [0.25, 0.3) is 0 Å². The van der Waals surface area contributed by atoms with Gasteiger partial charge in [-0.25, -0.2) is 4.79 Å². The van der Waals surface area contributed by atoms with Crippen LogP contribution in [-0.4, -0.2) is 50.4 Å². The van der Waals surface area contributed by atoms with E-state index in [2.05, 4.69) is 8.92 Å². The van der Waals surface area contributed by atoms with E-state index in [1.165, 1.54) is 0 Å². The van der Waals surface area contributed by atoms with Crippen LogP contribution in [0, 0.1) is 10.1 Å². The van der Waals surface area contributed by atoms with E-state index in [-0.39, 0.29) is 5.56 Å². The molecule has 0 unspecified atom stereocenters. The molecule has 0 aliphatic heterocycles. The van der Waals surface area contributed by atoms with Crippen molar-refractivity contribution in [1.82, 2.24) is 0 Å². The summed E-state index contributed by atoms with van der Waals surface area (Å²) in [4.78, 5) is 21.2. The molecule has 15 heteroatoms. The zero-order valence-corrected chi connectivity index (χ0v) is 14.4. The smallest absolute Gasteiger partial charge is 0.371 e. The average molecular weight is 419 g/mol. The molecule has 0 bridgehead atoms. The lowest BCUT2D eigenvalue weighted by molar-refractivity contribution is -0.385. The highest BCUT2D eigenvalue weighted by Crippen LogP contribution is 2.31. The van der Waals surface area contributed by atoms with Crippen LogP contribution in [0.3, 0.4) is 0 Å². The minimum Gasteiger partial charge on any atom is -0.465 e. The predicted octanol–water partition coefficient (Wildman–Crippen LogP) is 0.961. The quantitative estimate of drug-likeness (QED) is 0.211. The van der Waals surface area contributed by atoms with Crippen molar-refractivity contribution in [2.75, 3.05) is 12.9 Å². The van der Waals surface area contributed by atoms with E-state index in [0.717, 1.165) is 19.2 Å². The zero-order chi connectivity index (χ0) is 20.3. The number of carbonyl (C=O) groups excluding carboxylic acids is 1. The highest BCUT2D eigenvalue weighted by molar-refractivity contribution is 7.88. The summed E-state index contributed by atoms with van der Waals surface area (Å²) in [6.45, 7) is 0. The van der Waals surface area contributed by atoms with E-state index in [1.807, 2.05) is 0 Å². The van der Waals surface area contributed by atoms with E-state index in [4.69, 9.17) is 4.55 Å². The van der Waals surface area contributed by atoms with Crippen LogP contribution in [0.2, 0.25) is 0 Å². The van der Waals surface area contributed by atoms with Gasteiger partial charge in [-0.15, -0.1) is 0 Å². The summed E-state index contributed by atoms with van der Waals surface area (Å²) >= 11 is 0. The Morgan fingerprint density at radius 2 is 1.88 bits per heavy atom. The van der Waals surface area contributed by atoms with Crippen molar-refractivity contribution in [3.63, 3.8) is 0 Å². The number of methoxy groups -OCH3 is 1. The summed E-state index contributed by atoms with van der Waals surface area (Å²) in [5.74, 6) is -3.43. The summed E-state index contributed by atoms with van der Waals surface area (Å²) in [5.41, 5.74) is -1.28. The van der Waals surface area contributed by atoms with Crippen molar-refractivity contribution in [3.8, 4) is 5.75 Å². The van der Waals surface area contributed by atoms with E-state index in [0.29, 0.717) is 6.07 Å². The van der Waals surface area contributed by atoms with Gasteiger partial charge < -0.3 is 8.92 Å². The third-order valence-corrected chi connectivity index (χ3v) is 4.91. The molecule has 146 valence electrons. The molecule has 0 saturated carbocycles. The number of hydrogen-bond donors (Lipinski definition) is 1. The molecule has 1 N–H and O–H groups in total. The minimum absolute atomic E-state index is 0.304. The van der Waals surface area contributed by atoms with Crippen LogP contribution in [0.1, 0.15) is 16.8 Å². The maximum Gasteiger partial charge on any atom is 0.371 e. The lowest BCUT2D eigenvalue weighted by Crippen LogP contribution is -2.31. The maximum absolute atomic E-state index is 13.1. The normalized spacial score (nSPS) is 12.5. The topological polar surface area (TPSA) is 167 Å². The first-order valence-corrected chi connectivity index (χ1v) is 9.36. The standard InChI is InChI=1S/C11H11F2NO10S2/c1-23-10(15)7-2-3-9(8(6-7)14(16)17)24-25(18,19)5-4-11(12,13)26(20,21)22/h2-3,6H,4-5H2,1H3,(H,20,21,22). The molecule has 1 aromatic carbocycles. The molecule has 11 nitrogen and oxygen atoms in total. The first kappa shape index (κ1) is 21.7. The van der Waals surface area contributed by atoms with Crippen molar-refractivity contribution in [2.24, 2.45) is 0 Å². The van der Waals surface area contributed by atoms with Crippen molar-refractivity contribution in [2.45, 2.75) is 11.7 Å². The molecular weight excluding hydrogens is 408 g/mol. The fraction of sp³-hybridized carbons (Fsp3) is 0.364. The molecule has 0 aliphatic carbocycles. The summed E-state index contributed by atoms with van der Waals surface area (Å²) < 4.78 is 87.4. The van der Waals surface area contributed by atoms with Gasteiger partial charge in [0.15, 0.2) is 0 Å². The first-order valence-electron chi connectivity index (χ1n) is 6.34. The lowest BCUT2D eigenvalue weighted by atomic mass is 10.2. The first-order chi connectivity index (χ1) is 11.7. The van der Waals surface area contributed by atoms with Gasteiger partial charge in [0, 0.05) is 12.5 Å². The van der Waals surface area contributed by atoms with E-state index in [9.17, 15) is 40.5 Å². The van der Waals surface area contributed by atoms with Crippen molar-refractivity contribution in [3.05, 3.63) is 33.9 Å². The number of carbonyl (C=O) groups is 1. The number of ether oxygens (including phenoxy) is 1. The van der Waals surface area contributed by atoms with E-state index < -0.39 is 60.0 Å². The third kappa shape index (κ3) is 5.30. The zero-order valence-electron chi connectivity index (χ0n) is 12.8. The fourth-order valence-electron chi connectivity index (χ4n) is 1.53. The van der Waals surface area contributed by atoms with Crippen molar-refractivity contribution >= 4 is 31.9 Å². The largest absolute Gasteiger partial charge is 0.465 e. The monoisotopic (exact) mass is 419 g/mol. The molecule has 0 heterocycles. The van der Waals surface area contributed by atoms with Gasteiger partial charge in [0.2, 0.25) is 5.75 Å². The van der Waals surface area contributed by atoms with Crippen LogP contribution in [0.25, 0.3) is 0 Å². The lowest BCUT2D eigenvalue weighted by Gasteiger charge is -2.13. The van der Waals surface area contributed by atoms with Crippen LogP contribution in [-0.2, 0) is 25.0 Å². The van der Waals surface area contributed by atoms with Gasteiger partial charge in [-0.3, -0.25) is 14.7 Å². The van der Waals surface area contributed by atoms with Crippen LogP contribution in [0.4, 0.5) is 14.5 Å². The fourth-order valence-corrected chi connectivity index (χ4v) is 3.02. The number of alkyl halides is 2. The Labute approximate surface area is 145 Å². The number of halogens is 2. The minimum atomic E-state index is -5.85. The Morgan fingerprint density at radius 1 is 1.31 bits per heavy atom. The van der Waals surface area contributed by atoms with E-state index in [1.54, 1.807) is 0 Å². The molecule has 0 aliphatic rings. The Balaban J connectivity index is 3.10. The van der Waals surface area contributed by atoms with Gasteiger partial charge in [0.05, 0.1) is 23.3 Å². The predicted molar refractivity (Wildman–Crippen MR) is 80.0 cm³/mol. The molecule has 0 spiro atoms. The summed E-state index contributed by atoms with van der Waals surface area (Å²) in [5, 5.41) is 6.21. The second-order valence-electron chi connectivity index (χ2n) is 4.64. The number of benzene rings is 1. The Kier molecular flexibility index (Phi) is 6.22.